The topological polar surface area (TPSA) is 3.88 Å². The van der Waals surface area contributed by atoms with Crippen LogP contribution in [0.4, 0.5) is 0 Å². The van der Waals surface area contributed by atoms with E-state index in [1.165, 1.54) is 22.3 Å². The number of hydrogen-bond donors (Lipinski definition) is 0. The van der Waals surface area contributed by atoms with Crippen molar-refractivity contribution in [1.82, 2.24) is 0 Å². The van der Waals surface area contributed by atoms with E-state index in [4.69, 9.17) is 11.6 Å². The molecule has 0 saturated heterocycles. The molecule has 3 heteroatoms. The lowest BCUT2D eigenvalue weighted by Gasteiger charge is -2.13. The van der Waals surface area contributed by atoms with E-state index >= 15 is 0 Å². The minimum atomic E-state index is 0. The number of hydrogen-bond acceptors (Lipinski definition) is 0. The van der Waals surface area contributed by atoms with Crippen molar-refractivity contribution in [2.24, 2.45) is 0 Å². The van der Waals surface area contributed by atoms with Gasteiger partial charge in [-0.1, -0.05) is 96.5 Å². The highest BCUT2D eigenvalue weighted by molar-refractivity contribution is 6.31. The molecule has 162 valence electrons. The number of halogens is 2. The van der Waals surface area contributed by atoms with E-state index < -0.39 is 0 Å². The van der Waals surface area contributed by atoms with Gasteiger partial charge in [-0.25, -0.2) is 0 Å². The number of nitrogens with zero attached hydrogens (tertiary/aromatic N) is 1. The lowest BCUT2D eigenvalue weighted by Crippen LogP contribution is -3.00. The Morgan fingerprint density at radius 1 is 0.485 bits per heavy atom. The van der Waals surface area contributed by atoms with Crippen LogP contribution in [0.15, 0.2) is 127 Å². The van der Waals surface area contributed by atoms with Gasteiger partial charge in [-0.3, -0.25) is 0 Å². The van der Waals surface area contributed by atoms with Crippen molar-refractivity contribution >= 4 is 11.6 Å². The maximum atomic E-state index is 6.58. The highest BCUT2D eigenvalue weighted by atomic mass is 35.5. The fourth-order valence-electron chi connectivity index (χ4n) is 4.08. The third-order valence-electron chi connectivity index (χ3n) is 5.70. The highest BCUT2D eigenvalue weighted by Crippen LogP contribution is 2.30. The van der Waals surface area contributed by atoms with Crippen molar-refractivity contribution in [2.75, 3.05) is 0 Å². The van der Waals surface area contributed by atoms with Crippen LogP contribution in [0.25, 0.3) is 33.6 Å². The van der Waals surface area contributed by atoms with E-state index in [0.717, 1.165) is 22.0 Å². The van der Waals surface area contributed by atoms with Crippen LogP contribution in [-0.2, 0) is 6.54 Å². The summed E-state index contributed by atoms with van der Waals surface area (Å²) in [5.41, 5.74) is 8.16. The predicted molar refractivity (Wildman–Crippen MR) is 133 cm³/mol. The van der Waals surface area contributed by atoms with Crippen LogP contribution in [0.3, 0.4) is 0 Å². The van der Waals surface area contributed by atoms with Crippen LogP contribution in [0, 0.1) is 0 Å². The second-order valence-corrected chi connectivity index (χ2v) is 8.20. The molecule has 0 radical (unpaired) electrons. The van der Waals surface area contributed by atoms with Crippen molar-refractivity contribution < 1.29 is 17.0 Å². The summed E-state index contributed by atoms with van der Waals surface area (Å²) in [6, 6.07) is 44.4. The molecule has 5 aromatic rings. The van der Waals surface area contributed by atoms with Crippen LogP contribution in [0.1, 0.15) is 5.56 Å². The maximum Gasteiger partial charge on any atom is 0.213 e. The Morgan fingerprint density at radius 3 is 1.39 bits per heavy atom. The van der Waals surface area contributed by atoms with Gasteiger partial charge >= 0.3 is 0 Å². The molecule has 0 bridgehead atoms. The Hall–Kier alpha value is -3.39. The SMILES string of the molecule is Clc1ccccc1C[n+]1c(-c2ccccc2)cc(-c2ccccc2)cc1-c1ccccc1.[Cl-]. The monoisotopic (exact) mass is 467 g/mol. The van der Waals surface area contributed by atoms with Crippen LogP contribution in [-0.4, -0.2) is 0 Å². The molecule has 5 rings (SSSR count). The Balaban J connectivity index is 0.00000259. The zero-order valence-corrected chi connectivity index (χ0v) is 19.5. The van der Waals surface area contributed by atoms with Crippen molar-refractivity contribution in [3.63, 3.8) is 0 Å². The molecule has 1 nitrogen and oxygen atoms in total. The molecular formula is C30H23Cl2N. The molecule has 0 amide bonds. The van der Waals surface area contributed by atoms with Crippen LogP contribution in [0.2, 0.25) is 5.02 Å². The Kier molecular flexibility index (Phi) is 7.24. The summed E-state index contributed by atoms with van der Waals surface area (Å²) in [7, 11) is 0. The van der Waals surface area contributed by atoms with Gasteiger partial charge in [-0.15, -0.1) is 0 Å². The van der Waals surface area contributed by atoms with Gasteiger partial charge in [-0.05, 0) is 41.5 Å². The van der Waals surface area contributed by atoms with Crippen molar-refractivity contribution in [3.8, 4) is 33.6 Å². The van der Waals surface area contributed by atoms with Gasteiger partial charge in [0.25, 0.3) is 0 Å². The third-order valence-corrected chi connectivity index (χ3v) is 6.07. The summed E-state index contributed by atoms with van der Waals surface area (Å²) < 4.78 is 2.37. The largest absolute Gasteiger partial charge is 1.00 e. The first-order valence-corrected chi connectivity index (χ1v) is 11.1. The first kappa shape index (κ1) is 22.8. The first-order valence-electron chi connectivity index (χ1n) is 10.8. The average Bonchev–Trinajstić information content (AvgIpc) is 2.87. The molecule has 4 aromatic carbocycles. The van der Waals surface area contributed by atoms with Crippen LogP contribution in [0.5, 0.6) is 0 Å². The van der Waals surface area contributed by atoms with Crippen molar-refractivity contribution in [2.45, 2.75) is 6.54 Å². The van der Waals surface area contributed by atoms with Crippen molar-refractivity contribution in [3.05, 3.63) is 138 Å². The fourth-order valence-corrected chi connectivity index (χ4v) is 4.28. The Labute approximate surface area is 206 Å². The molecule has 0 aliphatic rings. The number of pyridine rings is 1. The Bertz CT molecular complexity index is 1270. The minimum absolute atomic E-state index is 0. The molecule has 0 N–H and O–H groups in total. The van der Waals surface area contributed by atoms with Gasteiger partial charge in [0.05, 0.1) is 5.02 Å². The average molecular weight is 468 g/mol. The fraction of sp³-hybridized carbons (Fsp3) is 0.0333. The smallest absolute Gasteiger partial charge is 0.213 e. The highest BCUT2D eigenvalue weighted by Gasteiger charge is 2.23. The molecule has 0 unspecified atom stereocenters. The minimum Gasteiger partial charge on any atom is -1.00 e. The molecule has 0 saturated carbocycles. The second kappa shape index (κ2) is 10.5. The molecule has 0 aliphatic carbocycles. The number of rotatable bonds is 5. The second-order valence-electron chi connectivity index (χ2n) is 7.79. The predicted octanol–water partition coefficient (Wildman–Crippen LogP) is 4.68. The van der Waals surface area contributed by atoms with E-state index in [0.29, 0.717) is 6.54 Å². The normalized spacial score (nSPS) is 10.5. The van der Waals surface area contributed by atoms with Gasteiger partial charge in [0.2, 0.25) is 11.4 Å². The summed E-state index contributed by atoms with van der Waals surface area (Å²) >= 11 is 6.58. The summed E-state index contributed by atoms with van der Waals surface area (Å²) in [5.74, 6) is 0. The molecule has 0 aliphatic heterocycles. The summed E-state index contributed by atoms with van der Waals surface area (Å²) in [5, 5.41) is 0.783. The zero-order valence-electron chi connectivity index (χ0n) is 18.0. The van der Waals surface area contributed by atoms with E-state index in [1.54, 1.807) is 0 Å². The van der Waals surface area contributed by atoms with Crippen LogP contribution >= 0.6 is 11.6 Å². The molecule has 1 aromatic heterocycles. The Morgan fingerprint density at radius 2 is 0.909 bits per heavy atom. The lowest BCUT2D eigenvalue weighted by molar-refractivity contribution is -0.666. The van der Waals surface area contributed by atoms with Gasteiger partial charge in [-0.2, -0.15) is 4.57 Å². The zero-order chi connectivity index (χ0) is 21.8. The standard InChI is InChI=1S/C30H23ClN.ClH/c31-28-19-11-10-18-26(28)22-32-29(24-14-6-2-7-15-24)20-27(23-12-4-1-5-13-23)21-30(32)25-16-8-3-9-17-25;/h1-21H,22H2;1H/q+1;/p-1. The maximum absolute atomic E-state index is 6.58. The molecule has 0 spiro atoms. The van der Waals surface area contributed by atoms with Crippen molar-refractivity contribution in [1.29, 1.82) is 0 Å². The van der Waals surface area contributed by atoms with E-state index in [-0.39, 0.29) is 12.4 Å². The van der Waals surface area contributed by atoms with E-state index in [2.05, 4.69) is 114 Å². The molecule has 33 heavy (non-hydrogen) atoms. The molecule has 0 atom stereocenters. The van der Waals surface area contributed by atoms with Gasteiger partial charge in [0.1, 0.15) is 0 Å². The molecule has 0 fully saturated rings. The number of benzene rings is 4. The molecular weight excluding hydrogens is 445 g/mol. The quantitative estimate of drug-likeness (QED) is 0.330. The van der Waals surface area contributed by atoms with E-state index in [9.17, 15) is 0 Å². The van der Waals surface area contributed by atoms with Gasteiger partial charge in [0.15, 0.2) is 6.54 Å². The summed E-state index contributed by atoms with van der Waals surface area (Å²) in [6.07, 6.45) is 0. The summed E-state index contributed by atoms with van der Waals surface area (Å²) in [6.45, 7) is 0.684. The van der Waals surface area contributed by atoms with Gasteiger partial charge in [0, 0.05) is 28.8 Å². The van der Waals surface area contributed by atoms with Crippen LogP contribution < -0.4 is 17.0 Å². The van der Waals surface area contributed by atoms with E-state index in [1.807, 2.05) is 18.2 Å². The molecule has 1 heterocycles. The number of aromatic nitrogens is 1. The summed E-state index contributed by atoms with van der Waals surface area (Å²) in [4.78, 5) is 0. The third kappa shape index (κ3) is 5.01. The first-order chi connectivity index (χ1) is 15.8. The van der Waals surface area contributed by atoms with Gasteiger partial charge < -0.3 is 12.4 Å². The lowest BCUT2D eigenvalue weighted by atomic mass is 9.98.